The van der Waals surface area contributed by atoms with Crippen molar-refractivity contribution in [2.45, 2.75) is 53.4 Å². The van der Waals surface area contributed by atoms with E-state index >= 15 is 0 Å². The van der Waals surface area contributed by atoms with Crippen LogP contribution >= 0.6 is 0 Å². The summed E-state index contributed by atoms with van der Waals surface area (Å²) in [7, 11) is 0. The smallest absolute Gasteiger partial charge is 0.339 e. The first kappa shape index (κ1) is 23.3. The van der Waals surface area contributed by atoms with E-state index in [0.29, 0.717) is 17.9 Å². The van der Waals surface area contributed by atoms with E-state index in [1.807, 2.05) is 0 Å². The van der Waals surface area contributed by atoms with Crippen LogP contribution in [-0.4, -0.2) is 19.2 Å². The number of carbonyl (C=O) groups is 1. The van der Waals surface area contributed by atoms with E-state index in [-0.39, 0.29) is 6.61 Å². The number of carbonyl (C=O) groups excluding carboxylic acids is 1. The third-order valence-electron chi connectivity index (χ3n) is 4.18. The molecule has 0 aliphatic carbocycles. The van der Waals surface area contributed by atoms with Gasteiger partial charge in [-0.25, -0.2) is 4.79 Å². The highest BCUT2D eigenvalue weighted by Gasteiger charge is 2.06. The van der Waals surface area contributed by atoms with Gasteiger partial charge in [0, 0.05) is 0 Å². The molecule has 3 heteroatoms. The molecule has 1 rings (SSSR count). The normalized spacial score (nSPS) is 11.5. The number of benzene rings is 1. The highest BCUT2D eigenvalue weighted by molar-refractivity contribution is 5.89. The second-order valence-electron chi connectivity index (χ2n) is 7.08. The highest BCUT2D eigenvalue weighted by Crippen LogP contribution is 2.14. The van der Waals surface area contributed by atoms with Crippen molar-refractivity contribution in [1.82, 2.24) is 0 Å². The molecule has 0 aliphatic rings. The summed E-state index contributed by atoms with van der Waals surface area (Å²) in [6.07, 6.45) is 16.1. The van der Waals surface area contributed by atoms with Gasteiger partial charge in [0.2, 0.25) is 0 Å². The maximum Gasteiger partial charge on any atom is 0.339 e. The summed E-state index contributed by atoms with van der Waals surface area (Å²) >= 11 is 0. The molecular weight excluding hydrogens is 348 g/mol. The number of hydrogen-bond acceptors (Lipinski definition) is 3. The van der Waals surface area contributed by atoms with Gasteiger partial charge in [0.15, 0.2) is 6.61 Å². The van der Waals surface area contributed by atoms with E-state index in [2.05, 4.69) is 51.8 Å². The van der Waals surface area contributed by atoms with Crippen LogP contribution in [0.1, 0.15) is 63.7 Å². The first-order valence-electron chi connectivity index (χ1n) is 9.70. The molecule has 0 saturated heterocycles. The van der Waals surface area contributed by atoms with Gasteiger partial charge in [-0.15, -0.1) is 6.42 Å². The van der Waals surface area contributed by atoms with E-state index in [1.54, 1.807) is 24.3 Å². The minimum absolute atomic E-state index is 0.0225. The maximum absolute atomic E-state index is 11.7. The summed E-state index contributed by atoms with van der Waals surface area (Å²) in [4.78, 5) is 11.7. The van der Waals surface area contributed by atoms with E-state index in [9.17, 15) is 4.79 Å². The fourth-order valence-corrected chi connectivity index (χ4v) is 2.50. The monoisotopic (exact) mass is 380 g/mol. The number of terminal acetylenes is 1. The molecule has 3 nitrogen and oxygen atoms in total. The molecule has 0 radical (unpaired) electrons. The molecule has 1 aromatic rings. The summed E-state index contributed by atoms with van der Waals surface area (Å²) in [5.74, 6) is 2.56. The first-order valence-corrected chi connectivity index (χ1v) is 9.70. The van der Waals surface area contributed by atoms with E-state index in [0.717, 1.165) is 25.7 Å². The topological polar surface area (TPSA) is 35.5 Å². The fourth-order valence-electron chi connectivity index (χ4n) is 2.50. The van der Waals surface area contributed by atoms with Gasteiger partial charge in [0.1, 0.15) is 12.4 Å². The van der Waals surface area contributed by atoms with Crippen molar-refractivity contribution < 1.29 is 14.3 Å². The average molecular weight is 381 g/mol. The number of esters is 1. The summed E-state index contributed by atoms with van der Waals surface area (Å²) in [6.45, 7) is 9.09. The van der Waals surface area contributed by atoms with Gasteiger partial charge in [0.05, 0.1) is 5.56 Å². The van der Waals surface area contributed by atoms with E-state index in [1.165, 1.54) is 16.7 Å². The summed E-state index contributed by atoms with van der Waals surface area (Å²) in [5.41, 5.74) is 4.59. The van der Waals surface area contributed by atoms with Gasteiger partial charge in [-0.05, 0) is 83.7 Å². The van der Waals surface area contributed by atoms with Crippen LogP contribution in [0.3, 0.4) is 0 Å². The minimum atomic E-state index is -0.426. The Bertz CT molecular complexity index is 739. The molecule has 0 unspecified atom stereocenters. The molecular formula is C25H32O3. The Labute approximate surface area is 170 Å². The molecule has 1 aromatic carbocycles. The van der Waals surface area contributed by atoms with E-state index in [4.69, 9.17) is 15.9 Å². The molecule has 0 aliphatic heterocycles. The van der Waals surface area contributed by atoms with Crippen molar-refractivity contribution in [2.24, 2.45) is 0 Å². The molecule has 28 heavy (non-hydrogen) atoms. The van der Waals surface area contributed by atoms with Crippen molar-refractivity contribution in [3.63, 3.8) is 0 Å². The fraction of sp³-hybridized carbons (Fsp3) is 0.400. The van der Waals surface area contributed by atoms with Crippen LogP contribution in [0.2, 0.25) is 0 Å². The van der Waals surface area contributed by atoms with Crippen LogP contribution < -0.4 is 4.74 Å². The Hall–Kier alpha value is -2.73. The maximum atomic E-state index is 11.7. The SMILES string of the molecule is C#CCOC(=O)c1ccc(OCC=C(C)CCC=C(C)CCC=C(C)C)cc1. The summed E-state index contributed by atoms with van der Waals surface area (Å²) < 4.78 is 10.6. The molecule has 0 N–H and O–H groups in total. The molecule has 0 atom stereocenters. The standard InChI is InChI=1S/C25H32O3/c1-6-18-28-25(26)23-13-15-24(16-14-23)27-19-17-22(5)12-8-11-21(4)10-7-9-20(2)3/h1,9,11,13-17H,7-8,10,12,18-19H2,2-5H3. The number of allylic oxidation sites excluding steroid dienone is 5. The molecule has 0 heterocycles. The Morgan fingerprint density at radius 3 is 2.18 bits per heavy atom. The number of rotatable bonds is 11. The quantitative estimate of drug-likeness (QED) is 0.258. The molecule has 0 saturated carbocycles. The average Bonchev–Trinajstić information content (AvgIpc) is 2.66. The van der Waals surface area contributed by atoms with Crippen LogP contribution in [0.25, 0.3) is 0 Å². The van der Waals surface area contributed by atoms with Crippen molar-refractivity contribution in [1.29, 1.82) is 0 Å². The highest BCUT2D eigenvalue weighted by atomic mass is 16.5. The van der Waals surface area contributed by atoms with Gasteiger partial charge in [-0.1, -0.05) is 34.8 Å². The van der Waals surface area contributed by atoms with Crippen LogP contribution in [0.4, 0.5) is 0 Å². The van der Waals surface area contributed by atoms with Crippen LogP contribution in [0.5, 0.6) is 5.75 Å². The second-order valence-corrected chi connectivity index (χ2v) is 7.08. The number of hydrogen-bond donors (Lipinski definition) is 0. The molecule has 150 valence electrons. The Kier molecular flexibility index (Phi) is 11.2. The van der Waals surface area contributed by atoms with Gasteiger partial charge < -0.3 is 9.47 Å². The Balaban J connectivity index is 2.35. The van der Waals surface area contributed by atoms with Gasteiger partial charge in [-0.3, -0.25) is 0 Å². The lowest BCUT2D eigenvalue weighted by molar-refractivity contribution is 0.0556. The predicted octanol–water partition coefficient (Wildman–Crippen LogP) is 6.27. The molecule has 0 amide bonds. The summed E-state index contributed by atoms with van der Waals surface area (Å²) in [5, 5.41) is 0. The van der Waals surface area contributed by atoms with Gasteiger partial charge in [0.25, 0.3) is 0 Å². The molecule has 0 bridgehead atoms. The van der Waals surface area contributed by atoms with Gasteiger partial charge in [-0.2, -0.15) is 0 Å². The predicted molar refractivity (Wildman–Crippen MR) is 116 cm³/mol. The molecule has 0 aromatic heterocycles. The van der Waals surface area contributed by atoms with Gasteiger partial charge >= 0.3 is 5.97 Å². The van der Waals surface area contributed by atoms with Crippen LogP contribution in [-0.2, 0) is 4.74 Å². The summed E-state index contributed by atoms with van der Waals surface area (Å²) in [6, 6.07) is 6.86. The zero-order valence-electron chi connectivity index (χ0n) is 17.6. The Morgan fingerprint density at radius 2 is 1.57 bits per heavy atom. The molecule has 0 spiro atoms. The third-order valence-corrected chi connectivity index (χ3v) is 4.18. The third kappa shape index (κ3) is 10.4. The largest absolute Gasteiger partial charge is 0.490 e. The number of ether oxygens (including phenoxy) is 2. The van der Waals surface area contributed by atoms with Crippen LogP contribution in [0, 0.1) is 12.3 Å². The van der Waals surface area contributed by atoms with Crippen molar-refractivity contribution >= 4 is 5.97 Å². The zero-order valence-corrected chi connectivity index (χ0v) is 17.6. The lowest BCUT2D eigenvalue weighted by atomic mass is 10.1. The van der Waals surface area contributed by atoms with Crippen LogP contribution in [0.15, 0.2) is 59.2 Å². The second kappa shape index (κ2) is 13.4. The van der Waals surface area contributed by atoms with Crippen molar-refractivity contribution in [2.75, 3.05) is 13.2 Å². The van der Waals surface area contributed by atoms with E-state index < -0.39 is 5.97 Å². The zero-order chi connectivity index (χ0) is 20.8. The molecule has 0 fully saturated rings. The van der Waals surface area contributed by atoms with Crippen molar-refractivity contribution in [3.8, 4) is 18.1 Å². The lowest BCUT2D eigenvalue weighted by Gasteiger charge is -2.06. The first-order chi connectivity index (χ1) is 13.4. The lowest BCUT2D eigenvalue weighted by Crippen LogP contribution is -2.05. The van der Waals surface area contributed by atoms with Crippen molar-refractivity contribution in [3.05, 3.63) is 64.8 Å². The minimum Gasteiger partial charge on any atom is -0.490 e. The Morgan fingerprint density at radius 1 is 0.964 bits per heavy atom.